The minimum Gasteiger partial charge on any atom is -0.396 e. The van der Waals surface area contributed by atoms with Crippen LogP contribution in [-0.4, -0.2) is 24.3 Å². The van der Waals surface area contributed by atoms with E-state index in [1.54, 1.807) is 0 Å². The molecule has 1 aliphatic rings. The van der Waals surface area contributed by atoms with Gasteiger partial charge in [0.05, 0.1) is 0 Å². The molecule has 1 saturated carbocycles. The van der Waals surface area contributed by atoms with Crippen molar-refractivity contribution in [2.45, 2.75) is 78.2 Å². The summed E-state index contributed by atoms with van der Waals surface area (Å²) in [5.41, 5.74) is 0. The van der Waals surface area contributed by atoms with Crippen LogP contribution in [0.25, 0.3) is 0 Å². The molecule has 0 spiro atoms. The molecule has 0 aromatic carbocycles. The second-order valence-corrected chi connectivity index (χ2v) is 5.05. The Morgan fingerprint density at radius 1 is 1.06 bits per heavy atom. The zero-order valence-corrected chi connectivity index (χ0v) is 12.2. The highest BCUT2D eigenvalue weighted by molar-refractivity contribution is 4.77. The predicted octanol–water partition coefficient (Wildman–Crippen LogP) is 3.73. The van der Waals surface area contributed by atoms with E-state index in [4.69, 9.17) is 5.11 Å². The SMILES string of the molecule is CCCCO.CCNC1CCCCCC1CC. The summed E-state index contributed by atoms with van der Waals surface area (Å²) in [6.45, 7) is 8.09. The van der Waals surface area contributed by atoms with E-state index < -0.39 is 0 Å². The lowest BCUT2D eigenvalue weighted by atomic mass is 9.92. The van der Waals surface area contributed by atoms with E-state index in [0.29, 0.717) is 6.61 Å². The molecule has 0 bridgehead atoms. The van der Waals surface area contributed by atoms with Crippen LogP contribution in [0.4, 0.5) is 0 Å². The maximum atomic E-state index is 8.07. The van der Waals surface area contributed by atoms with Crippen LogP contribution in [-0.2, 0) is 0 Å². The monoisotopic (exact) mass is 243 g/mol. The smallest absolute Gasteiger partial charge is 0.0430 e. The molecule has 0 saturated heterocycles. The predicted molar refractivity (Wildman–Crippen MR) is 76.3 cm³/mol. The Balaban J connectivity index is 0.000000437. The highest BCUT2D eigenvalue weighted by Gasteiger charge is 2.20. The zero-order chi connectivity index (χ0) is 12.9. The fraction of sp³-hybridized carbons (Fsp3) is 1.00. The first kappa shape index (κ1) is 16.9. The minimum atomic E-state index is 0.344. The molecule has 2 nitrogen and oxygen atoms in total. The fourth-order valence-electron chi connectivity index (χ4n) is 2.56. The van der Waals surface area contributed by atoms with Crippen molar-refractivity contribution in [3.05, 3.63) is 0 Å². The second kappa shape index (κ2) is 12.4. The Morgan fingerprint density at radius 3 is 2.24 bits per heavy atom. The van der Waals surface area contributed by atoms with E-state index in [-0.39, 0.29) is 0 Å². The maximum absolute atomic E-state index is 8.07. The molecule has 1 fully saturated rings. The third-order valence-corrected chi connectivity index (χ3v) is 3.66. The lowest BCUT2D eigenvalue weighted by molar-refractivity contribution is 0.287. The molecule has 2 atom stereocenters. The Kier molecular flexibility index (Phi) is 12.3. The normalized spacial score (nSPS) is 24.7. The van der Waals surface area contributed by atoms with Gasteiger partial charge in [0.2, 0.25) is 0 Å². The Bertz CT molecular complexity index is 148. The van der Waals surface area contributed by atoms with Crippen molar-refractivity contribution >= 4 is 0 Å². The van der Waals surface area contributed by atoms with E-state index in [1.165, 1.54) is 38.5 Å². The summed E-state index contributed by atoms with van der Waals surface area (Å²) in [7, 11) is 0. The summed E-state index contributed by atoms with van der Waals surface area (Å²) in [5.74, 6) is 0.951. The first-order chi connectivity index (χ1) is 8.29. The third kappa shape index (κ3) is 8.62. The Labute approximate surface area is 108 Å². The van der Waals surface area contributed by atoms with E-state index in [9.17, 15) is 0 Å². The summed E-state index contributed by atoms with van der Waals surface area (Å²) < 4.78 is 0. The molecular weight excluding hydrogens is 210 g/mol. The van der Waals surface area contributed by atoms with Gasteiger partial charge in [0, 0.05) is 12.6 Å². The van der Waals surface area contributed by atoms with Crippen LogP contribution in [0.15, 0.2) is 0 Å². The lowest BCUT2D eigenvalue weighted by Crippen LogP contribution is -2.35. The van der Waals surface area contributed by atoms with Gasteiger partial charge in [-0.05, 0) is 31.7 Å². The second-order valence-electron chi connectivity index (χ2n) is 5.05. The number of hydrogen-bond acceptors (Lipinski definition) is 2. The largest absolute Gasteiger partial charge is 0.396 e. The molecule has 2 unspecified atom stereocenters. The van der Waals surface area contributed by atoms with Crippen molar-refractivity contribution in [2.75, 3.05) is 13.2 Å². The van der Waals surface area contributed by atoms with Crippen LogP contribution < -0.4 is 5.32 Å². The third-order valence-electron chi connectivity index (χ3n) is 3.66. The van der Waals surface area contributed by atoms with E-state index >= 15 is 0 Å². The van der Waals surface area contributed by atoms with Crippen LogP contribution in [0.2, 0.25) is 0 Å². The lowest BCUT2D eigenvalue weighted by Gasteiger charge is -2.24. The highest BCUT2D eigenvalue weighted by atomic mass is 16.2. The first-order valence-corrected chi connectivity index (χ1v) is 7.64. The number of unbranched alkanes of at least 4 members (excludes halogenated alkanes) is 1. The van der Waals surface area contributed by atoms with Gasteiger partial charge in [-0.3, -0.25) is 0 Å². The van der Waals surface area contributed by atoms with Crippen molar-refractivity contribution in [3.8, 4) is 0 Å². The standard InChI is InChI=1S/C11H23N.C4H10O/c1-3-10-8-6-5-7-9-11(10)12-4-2;1-2-3-4-5/h10-12H,3-9H2,1-2H3;5H,2-4H2,1H3. The molecule has 0 aliphatic heterocycles. The van der Waals surface area contributed by atoms with Crippen LogP contribution in [0, 0.1) is 5.92 Å². The molecule has 0 aromatic heterocycles. The van der Waals surface area contributed by atoms with Gasteiger partial charge in [-0.25, -0.2) is 0 Å². The quantitative estimate of drug-likeness (QED) is 0.721. The van der Waals surface area contributed by atoms with E-state index in [2.05, 4.69) is 26.1 Å². The zero-order valence-electron chi connectivity index (χ0n) is 12.2. The van der Waals surface area contributed by atoms with Crippen molar-refractivity contribution in [3.63, 3.8) is 0 Å². The molecule has 0 aromatic rings. The number of rotatable bonds is 5. The van der Waals surface area contributed by atoms with Crippen molar-refractivity contribution < 1.29 is 5.11 Å². The molecule has 17 heavy (non-hydrogen) atoms. The summed E-state index contributed by atoms with van der Waals surface area (Å²) in [6.07, 6.45) is 10.6. The molecule has 0 heterocycles. The molecule has 0 amide bonds. The van der Waals surface area contributed by atoms with Gasteiger partial charge in [0.1, 0.15) is 0 Å². The molecule has 1 aliphatic carbocycles. The number of nitrogens with one attached hydrogen (secondary N) is 1. The average molecular weight is 243 g/mol. The molecule has 2 heteroatoms. The summed E-state index contributed by atoms with van der Waals surface area (Å²) in [4.78, 5) is 0. The first-order valence-electron chi connectivity index (χ1n) is 7.64. The topological polar surface area (TPSA) is 32.3 Å². The van der Waals surface area contributed by atoms with Crippen molar-refractivity contribution in [2.24, 2.45) is 5.92 Å². The fourth-order valence-corrected chi connectivity index (χ4v) is 2.56. The van der Waals surface area contributed by atoms with E-state index in [1.807, 2.05) is 0 Å². The van der Waals surface area contributed by atoms with Crippen LogP contribution in [0.5, 0.6) is 0 Å². The van der Waals surface area contributed by atoms with Crippen molar-refractivity contribution in [1.29, 1.82) is 0 Å². The summed E-state index contributed by atoms with van der Waals surface area (Å²) in [6, 6.07) is 0.822. The summed E-state index contributed by atoms with van der Waals surface area (Å²) in [5, 5.41) is 11.7. The van der Waals surface area contributed by atoms with Gasteiger partial charge in [-0.1, -0.05) is 52.9 Å². The van der Waals surface area contributed by atoms with Crippen LogP contribution >= 0.6 is 0 Å². The average Bonchev–Trinajstić information content (AvgIpc) is 2.56. The van der Waals surface area contributed by atoms with Gasteiger partial charge < -0.3 is 10.4 Å². The number of aliphatic hydroxyl groups is 1. The molecule has 0 radical (unpaired) electrons. The molecular formula is C15H33NO. The van der Waals surface area contributed by atoms with Gasteiger partial charge in [0.25, 0.3) is 0 Å². The molecule has 1 rings (SSSR count). The van der Waals surface area contributed by atoms with Gasteiger partial charge >= 0.3 is 0 Å². The van der Waals surface area contributed by atoms with Gasteiger partial charge in [-0.15, -0.1) is 0 Å². The van der Waals surface area contributed by atoms with Gasteiger partial charge in [-0.2, -0.15) is 0 Å². The van der Waals surface area contributed by atoms with Crippen LogP contribution in [0.3, 0.4) is 0 Å². The summed E-state index contributed by atoms with van der Waals surface area (Å²) >= 11 is 0. The Hall–Kier alpha value is -0.0800. The van der Waals surface area contributed by atoms with Crippen molar-refractivity contribution in [1.82, 2.24) is 5.32 Å². The highest BCUT2D eigenvalue weighted by Crippen LogP contribution is 2.25. The maximum Gasteiger partial charge on any atom is 0.0430 e. The molecule has 2 N–H and O–H groups in total. The Morgan fingerprint density at radius 2 is 1.76 bits per heavy atom. The van der Waals surface area contributed by atoms with E-state index in [0.717, 1.165) is 31.3 Å². The number of aliphatic hydroxyl groups excluding tert-OH is 1. The minimum absolute atomic E-state index is 0.344. The number of hydrogen-bond donors (Lipinski definition) is 2. The van der Waals surface area contributed by atoms with Crippen LogP contribution in [0.1, 0.15) is 72.1 Å². The molecule has 104 valence electrons. The van der Waals surface area contributed by atoms with Gasteiger partial charge in [0.15, 0.2) is 0 Å².